The number of rotatable bonds is 5. The van der Waals surface area contributed by atoms with Crippen LogP contribution in [0.5, 0.6) is 0 Å². The van der Waals surface area contributed by atoms with Crippen molar-refractivity contribution in [1.29, 1.82) is 0 Å². The van der Waals surface area contributed by atoms with Crippen molar-refractivity contribution in [2.45, 2.75) is 12.5 Å². The van der Waals surface area contributed by atoms with Gasteiger partial charge in [-0.1, -0.05) is 18.2 Å². The van der Waals surface area contributed by atoms with Crippen LogP contribution in [-0.4, -0.2) is 71.8 Å². The number of piperazine rings is 1. The summed E-state index contributed by atoms with van der Waals surface area (Å²) in [6.45, 7) is 5.07. The van der Waals surface area contributed by atoms with Gasteiger partial charge in [0.05, 0.1) is 0 Å². The van der Waals surface area contributed by atoms with E-state index in [-0.39, 0.29) is 11.6 Å². The molecule has 4 aliphatic rings. The molecule has 3 aliphatic heterocycles. The third-order valence-corrected chi connectivity index (χ3v) is 6.54. The summed E-state index contributed by atoms with van der Waals surface area (Å²) in [5.74, 6) is -0.235. The minimum atomic E-state index is -0.604. The number of carbonyl (C=O) groups excluding carboxylic acids is 2. The third-order valence-electron chi connectivity index (χ3n) is 6.54. The number of hydrogen-bond donors (Lipinski definition) is 3. The molecular formula is C23H25N7O3. The Morgan fingerprint density at radius 3 is 2.79 bits per heavy atom. The van der Waals surface area contributed by atoms with Gasteiger partial charge in [0.25, 0.3) is 6.01 Å². The van der Waals surface area contributed by atoms with E-state index in [2.05, 4.69) is 31.1 Å². The molecule has 1 aliphatic carbocycles. The SMILES string of the molecule is O=C1C2=CC=CNC2C(=O)C2=C1N(CCCN1CCN(c3nc4ccccc4o3)CC1)NN2. The molecule has 3 N–H and O–H groups in total. The lowest BCUT2D eigenvalue weighted by atomic mass is 9.87. The molecule has 10 nitrogen and oxygen atoms in total. The average Bonchev–Trinajstić information content (AvgIpc) is 3.48. The van der Waals surface area contributed by atoms with Crippen molar-refractivity contribution >= 4 is 28.7 Å². The number of oxazole rings is 1. The van der Waals surface area contributed by atoms with E-state index in [1.54, 1.807) is 23.4 Å². The molecule has 1 atom stereocenters. The Labute approximate surface area is 190 Å². The minimum absolute atomic E-state index is 0.115. The summed E-state index contributed by atoms with van der Waals surface area (Å²) in [4.78, 5) is 34.9. The molecule has 0 radical (unpaired) electrons. The molecule has 1 fully saturated rings. The summed E-state index contributed by atoms with van der Waals surface area (Å²) >= 11 is 0. The first-order valence-electron chi connectivity index (χ1n) is 11.3. The van der Waals surface area contributed by atoms with Crippen LogP contribution in [0.2, 0.25) is 0 Å². The number of benzene rings is 1. The fourth-order valence-corrected chi connectivity index (χ4v) is 4.76. The number of aromatic nitrogens is 1. The van der Waals surface area contributed by atoms with E-state index in [4.69, 9.17) is 4.42 Å². The maximum absolute atomic E-state index is 13.0. The van der Waals surface area contributed by atoms with E-state index >= 15 is 0 Å². The zero-order valence-electron chi connectivity index (χ0n) is 18.1. The van der Waals surface area contributed by atoms with E-state index in [1.165, 1.54) is 0 Å². The highest BCUT2D eigenvalue weighted by molar-refractivity contribution is 6.23. The van der Waals surface area contributed by atoms with Crippen LogP contribution in [0.4, 0.5) is 6.01 Å². The standard InChI is InChI=1S/C23H25N7O3/c31-21-15-5-3-8-24-18(15)22(32)19-20(21)30(27-26-19)10-4-9-28-11-13-29(14-12-28)23-25-16-6-1-2-7-17(16)33-23/h1-3,5-8,18,24,26-27H,4,9-14H2. The number of dihydropyridines is 1. The van der Waals surface area contributed by atoms with Crippen molar-refractivity contribution in [3.8, 4) is 0 Å². The summed E-state index contributed by atoms with van der Waals surface area (Å²) in [5, 5.41) is 4.74. The molecule has 1 unspecified atom stereocenters. The summed E-state index contributed by atoms with van der Waals surface area (Å²) < 4.78 is 5.89. The van der Waals surface area contributed by atoms with E-state index in [0.29, 0.717) is 29.5 Å². The molecule has 1 saturated heterocycles. The second kappa shape index (κ2) is 8.05. The highest BCUT2D eigenvalue weighted by Gasteiger charge is 2.44. The van der Waals surface area contributed by atoms with Gasteiger partial charge in [-0.05, 0) is 30.8 Å². The molecular weight excluding hydrogens is 422 g/mol. The van der Waals surface area contributed by atoms with Gasteiger partial charge in [0.1, 0.15) is 23.0 Å². The van der Waals surface area contributed by atoms with Gasteiger partial charge in [-0.3, -0.25) is 24.9 Å². The van der Waals surface area contributed by atoms with Crippen LogP contribution in [0.15, 0.2) is 64.0 Å². The Hall–Kier alpha value is -3.63. The van der Waals surface area contributed by atoms with Crippen molar-refractivity contribution in [3.05, 3.63) is 59.6 Å². The van der Waals surface area contributed by atoms with Gasteiger partial charge in [-0.25, -0.2) is 0 Å². The quantitative estimate of drug-likeness (QED) is 0.598. The van der Waals surface area contributed by atoms with Crippen molar-refractivity contribution in [1.82, 2.24) is 31.2 Å². The Kier molecular flexibility index (Phi) is 4.88. The van der Waals surface area contributed by atoms with Crippen LogP contribution < -0.4 is 21.2 Å². The Morgan fingerprint density at radius 1 is 1.09 bits per heavy atom. The lowest BCUT2D eigenvalue weighted by molar-refractivity contribution is -0.121. The zero-order chi connectivity index (χ0) is 22.4. The predicted molar refractivity (Wildman–Crippen MR) is 121 cm³/mol. The molecule has 4 heterocycles. The first kappa shape index (κ1) is 20.0. The molecule has 1 aromatic carbocycles. The van der Waals surface area contributed by atoms with Crippen molar-refractivity contribution < 1.29 is 14.0 Å². The van der Waals surface area contributed by atoms with Gasteiger partial charge in [0, 0.05) is 44.8 Å². The Balaban J connectivity index is 1.03. The van der Waals surface area contributed by atoms with Crippen LogP contribution in [0.25, 0.3) is 11.1 Å². The molecule has 0 amide bonds. The molecule has 1 aromatic heterocycles. The van der Waals surface area contributed by atoms with E-state index in [0.717, 1.165) is 50.2 Å². The van der Waals surface area contributed by atoms with Crippen LogP contribution in [0.1, 0.15) is 6.42 Å². The smallest absolute Gasteiger partial charge is 0.298 e. The highest BCUT2D eigenvalue weighted by Crippen LogP contribution is 2.28. The van der Waals surface area contributed by atoms with Gasteiger partial charge in [0.15, 0.2) is 5.58 Å². The predicted octanol–water partition coefficient (Wildman–Crippen LogP) is 0.440. The van der Waals surface area contributed by atoms with Gasteiger partial charge < -0.3 is 14.6 Å². The number of nitrogens with zero attached hydrogens (tertiary/aromatic N) is 4. The second-order valence-corrected chi connectivity index (χ2v) is 8.53. The molecule has 6 rings (SSSR count). The molecule has 10 heteroatoms. The largest absolute Gasteiger partial charge is 0.423 e. The Morgan fingerprint density at radius 2 is 1.94 bits per heavy atom. The monoisotopic (exact) mass is 447 g/mol. The summed E-state index contributed by atoms with van der Waals surface area (Å²) in [6, 6.07) is 7.90. The number of hydrazine groups is 2. The summed E-state index contributed by atoms with van der Waals surface area (Å²) in [5.41, 5.74) is 8.84. The average molecular weight is 447 g/mol. The first-order valence-corrected chi connectivity index (χ1v) is 11.3. The topological polar surface area (TPSA) is 106 Å². The number of ketones is 2. The third kappa shape index (κ3) is 3.47. The number of anilines is 1. The van der Waals surface area contributed by atoms with Crippen molar-refractivity contribution in [2.75, 3.05) is 44.2 Å². The van der Waals surface area contributed by atoms with Gasteiger partial charge in [-0.15, -0.1) is 5.53 Å². The molecule has 170 valence electrons. The molecule has 0 bridgehead atoms. The number of fused-ring (bicyclic) bond motifs is 2. The maximum Gasteiger partial charge on any atom is 0.298 e. The minimum Gasteiger partial charge on any atom is -0.423 e. The Bertz CT molecular complexity index is 1170. The molecule has 0 spiro atoms. The second-order valence-electron chi connectivity index (χ2n) is 8.53. The van der Waals surface area contributed by atoms with Gasteiger partial charge in [0.2, 0.25) is 11.6 Å². The van der Waals surface area contributed by atoms with Gasteiger partial charge >= 0.3 is 0 Å². The highest BCUT2D eigenvalue weighted by atomic mass is 16.4. The zero-order valence-corrected chi connectivity index (χ0v) is 18.1. The van der Waals surface area contributed by atoms with Crippen molar-refractivity contribution in [2.24, 2.45) is 0 Å². The van der Waals surface area contributed by atoms with Crippen LogP contribution in [0.3, 0.4) is 0 Å². The molecule has 33 heavy (non-hydrogen) atoms. The van der Waals surface area contributed by atoms with Crippen LogP contribution >= 0.6 is 0 Å². The first-order chi connectivity index (χ1) is 16.2. The normalized spacial score (nSPS) is 22.9. The summed E-state index contributed by atoms with van der Waals surface area (Å²) in [6.07, 6.45) is 6.02. The number of hydrogen-bond acceptors (Lipinski definition) is 10. The van der Waals surface area contributed by atoms with Gasteiger partial charge in [-0.2, -0.15) is 4.98 Å². The van der Waals surface area contributed by atoms with E-state index in [1.807, 2.05) is 24.3 Å². The van der Waals surface area contributed by atoms with Crippen molar-refractivity contribution in [3.63, 3.8) is 0 Å². The molecule has 2 aromatic rings. The number of Topliss-reactive ketones (excluding diaryl/α,β-unsaturated/α-hetero) is 2. The van der Waals surface area contributed by atoms with E-state index in [9.17, 15) is 9.59 Å². The summed E-state index contributed by atoms with van der Waals surface area (Å²) in [7, 11) is 0. The number of para-hydroxylation sites is 2. The fraction of sp³-hybridized carbons (Fsp3) is 0.348. The number of nitrogens with one attached hydrogen (secondary N) is 3. The van der Waals surface area contributed by atoms with Crippen LogP contribution in [-0.2, 0) is 9.59 Å². The molecule has 0 saturated carbocycles. The number of carbonyl (C=O) groups is 2. The fourth-order valence-electron chi connectivity index (χ4n) is 4.76. The number of allylic oxidation sites excluding steroid dienone is 3. The van der Waals surface area contributed by atoms with Crippen LogP contribution in [0, 0.1) is 0 Å². The lowest BCUT2D eigenvalue weighted by Gasteiger charge is -2.34. The maximum atomic E-state index is 13.0. The lowest BCUT2D eigenvalue weighted by Crippen LogP contribution is -2.47. The van der Waals surface area contributed by atoms with E-state index < -0.39 is 6.04 Å².